The van der Waals surface area contributed by atoms with Crippen LogP contribution in [-0.2, 0) is 9.59 Å². The number of para-hydroxylation sites is 2. The fraction of sp³-hybridized carbons (Fsp3) is 0.111. The second kappa shape index (κ2) is 7.19. The van der Waals surface area contributed by atoms with E-state index in [4.69, 9.17) is 15.3 Å². The Kier molecular flexibility index (Phi) is 6.12. The SMILES string of the molecule is O=CNCC(=O)O.Oc1ccccc1O. The smallest absolute Gasteiger partial charge is 0.322 e. The van der Waals surface area contributed by atoms with E-state index < -0.39 is 5.97 Å². The minimum Gasteiger partial charge on any atom is -0.504 e. The van der Waals surface area contributed by atoms with E-state index in [1.165, 1.54) is 12.1 Å². The van der Waals surface area contributed by atoms with Gasteiger partial charge >= 0.3 is 5.97 Å². The summed E-state index contributed by atoms with van der Waals surface area (Å²) in [5.74, 6) is -1.19. The number of aliphatic carboxylic acids is 1. The molecule has 0 saturated carbocycles. The highest BCUT2D eigenvalue weighted by Gasteiger charge is 1.90. The molecule has 4 N–H and O–H groups in total. The highest BCUT2D eigenvalue weighted by atomic mass is 16.4. The lowest BCUT2D eigenvalue weighted by Crippen LogP contribution is -2.20. The lowest BCUT2D eigenvalue weighted by Gasteiger charge is -1.91. The minimum atomic E-state index is -1.04. The molecular formula is C9H11NO5. The molecule has 1 rings (SSSR count). The van der Waals surface area contributed by atoms with Crippen molar-refractivity contribution in [1.82, 2.24) is 5.32 Å². The topological polar surface area (TPSA) is 107 Å². The summed E-state index contributed by atoms with van der Waals surface area (Å²) < 4.78 is 0. The summed E-state index contributed by atoms with van der Waals surface area (Å²) in [6, 6.07) is 6.15. The molecule has 0 heterocycles. The van der Waals surface area contributed by atoms with E-state index in [0.29, 0.717) is 6.41 Å². The molecule has 1 aromatic rings. The second-order valence-electron chi connectivity index (χ2n) is 2.38. The molecule has 6 nitrogen and oxygen atoms in total. The fourth-order valence-corrected chi connectivity index (χ4v) is 0.593. The molecule has 0 aromatic heterocycles. The van der Waals surface area contributed by atoms with Gasteiger partial charge in [-0.15, -0.1) is 0 Å². The second-order valence-corrected chi connectivity index (χ2v) is 2.38. The molecular weight excluding hydrogens is 202 g/mol. The maximum atomic E-state index is 9.54. The number of amides is 1. The zero-order valence-electron chi connectivity index (χ0n) is 7.75. The Morgan fingerprint density at radius 2 is 1.73 bits per heavy atom. The van der Waals surface area contributed by atoms with Gasteiger partial charge in [0.25, 0.3) is 0 Å². The fourth-order valence-electron chi connectivity index (χ4n) is 0.593. The van der Waals surface area contributed by atoms with Crippen LogP contribution in [0.1, 0.15) is 0 Å². The van der Waals surface area contributed by atoms with Crippen molar-refractivity contribution in [2.24, 2.45) is 0 Å². The predicted molar refractivity (Wildman–Crippen MR) is 51.5 cm³/mol. The number of aromatic hydroxyl groups is 2. The van der Waals surface area contributed by atoms with Crippen LogP contribution in [0.2, 0.25) is 0 Å². The first-order valence-corrected chi connectivity index (χ1v) is 3.93. The van der Waals surface area contributed by atoms with Crippen molar-refractivity contribution in [2.45, 2.75) is 0 Å². The van der Waals surface area contributed by atoms with Crippen molar-refractivity contribution < 1.29 is 24.9 Å². The van der Waals surface area contributed by atoms with Crippen LogP contribution in [0, 0.1) is 0 Å². The highest BCUT2D eigenvalue weighted by Crippen LogP contribution is 2.21. The summed E-state index contributed by atoms with van der Waals surface area (Å²) in [5.41, 5.74) is 0. The molecule has 0 atom stereocenters. The lowest BCUT2D eigenvalue weighted by molar-refractivity contribution is -0.136. The van der Waals surface area contributed by atoms with Crippen molar-refractivity contribution in [2.75, 3.05) is 6.54 Å². The Morgan fingerprint density at radius 3 is 1.93 bits per heavy atom. The van der Waals surface area contributed by atoms with E-state index in [1.54, 1.807) is 12.1 Å². The van der Waals surface area contributed by atoms with E-state index in [2.05, 4.69) is 0 Å². The first kappa shape index (κ1) is 12.8. The van der Waals surface area contributed by atoms with Gasteiger partial charge in [0.15, 0.2) is 11.5 Å². The molecule has 0 radical (unpaired) electrons. The van der Waals surface area contributed by atoms with Crippen LogP contribution in [0.4, 0.5) is 0 Å². The zero-order chi connectivity index (χ0) is 11.7. The molecule has 0 fully saturated rings. The lowest BCUT2D eigenvalue weighted by atomic mass is 10.3. The number of phenolic OH excluding ortho intramolecular Hbond substituents is 2. The highest BCUT2D eigenvalue weighted by molar-refractivity contribution is 5.71. The van der Waals surface area contributed by atoms with Gasteiger partial charge in [-0.1, -0.05) is 12.1 Å². The number of hydrogen-bond donors (Lipinski definition) is 4. The van der Waals surface area contributed by atoms with Gasteiger partial charge in [-0.25, -0.2) is 0 Å². The molecule has 0 aliphatic rings. The molecule has 0 aliphatic heterocycles. The summed E-state index contributed by atoms with van der Waals surface area (Å²) in [6.07, 6.45) is 0.341. The van der Waals surface area contributed by atoms with Gasteiger partial charge < -0.3 is 20.6 Å². The number of rotatable bonds is 3. The van der Waals surface area contributed by atoms with Crippen LogP contribution < -0.4 is 5.32 Å². The van der Waals surface area contributed by atoms with Crippen molar-refractivity contribution in [3.8, 4) is 11.5 Å². The molecule has 0 aliphatic carbocycles. The van der Waals surface area contributed by atoms with E-state index >= 15 is 0 Å². The molecule has 0 bridgehead atoms. The van der Waals surface area contributed by atoms with Gasteiger partial charge in [-0.3, -0.25) is 9.59 Å². The van der Waals surface area contributed by atoms with Gasteiger partial charge in [0.1, 0.15) is 6.54 Å². The van der Waals surface area contributed by atoms with Crippen molar-refractivity contribution in [1.29, 1.82) is 0 Å². The molecule has 6 heteroatoms. The number of carbonyl (C=O) groups is 2. The van der Waals surface area contributed by atoms with E-state index in [9.17, 15) is 9.59 Å². The van der Waals surface area contributed by atoms with Gasteiger partial charge in [0.2, 0.25) is 6.41 Å². The van der Waals surface area contributed by atoms with Gasteiger partial charge in [0.05, 0.1) is 0 Å². The standard InChI is InChI=1S/C6H6O2.C3H5NO3/c7-5-3-1-2-4-6(5)8;5-2-4-1-3(6)7/h1-4,7-8H;2H,1H2,(H,4,5)(H,6,7). The first-order chi connectivity index (χ1) is 7.07. The maximum absolute atomic E-state index is 9.54. The Morgan fingerprint density at radius 1 is 1.27 bits per heavy atom. The third-order valence-electron chi connectivity index (χ3n) is 1.22. The molecule has 0 unspecified atom stereocenters. The summed E-state index contributed by atoms with van der Waals surface area (Å²) in [7, 11) is 0. The summed E-state index contributed by atoms with van der Waals surface area (Å²) in [6.45, 7) is -0.302. The van der Waals surface area contributed by atoms with E-state index in [-0.39, 0.29) is 18.0 Å². The average molecular weight is 213 g/mol. The van der Waals surface area contributed by atoms with Gasteiger partial charge in [-0.2, -0.15) is 0 Å². The van der Waals surface area contributed by atoms with Crippen molar-refractivity contribution in [3.63, 3.8) is 0 Å². The van der Waals surface area contributed by atoms with E-state index in [0.717, 1.165) is 0 Å². The number of hydrogen-bond acceptors (Lipinski definition) is 4. The first-order valence-electron chi connectivity index (χ1n) is 3.93. The predicted octanol–water partition coefficient (Wildman–Crippen LogP) is -0.0852. The molecule has 0 spiro atoms. The van der Waals surface area contributed by atoms with Crippen molar-refractivity contribution >= 4 is 12.4 Å². The molecule has 15 heavy (non-hydrogen) atoms. The monoisotopic (exact) mass is 213 g/mol. The Bertz CT molecular complexity index is 305. The number of carboxylic acid groups (broad SMARTS) is 1. The third kappa shape index (κ3) is 6.88. The Labute approximate surface area is 85.8 Å². The van der Waals surface area contributed by atoms with Gasteiger partial charge in [-0.05, 0) is 12.1 Å². The quantitative estimate of drug-likeness (QED) is 0.415. The Balaban J connectivity index is 0.000000265. The minimum absolute atomic E-state index is 0.0764. The summed E-state index contributed by atoms with van der Waals surface area (Å²) >= 11 is 0. The number of benzene rings is 1. The number of phenols is 2. The Hall–Kier alpha value is -2.24. The zero-order valence-corrected chi connectivity index (χ0v) is 7.75. The van der Waals surface area contributed by atoms with Crippen molar-refractivity contribution in [3.05, 3.63) is 24.3 Å². The molecule has 82 valence electrons. The molecule has 1 aromatic carbocycles. The largest absolute Gasteiger partial charge is 0.504 e. The van der Waals surface area contributed by atoms with Crippen LogP contribution in [0.5, 0.6) is 11.5 Å². The summed E-state index contributed by atoms with van der Waals surface area (Å²) in [4.78, 5) is 18.9. The van der Waals surface area contributed by atoms with Crippen LogP contribution in [0.25, 0.3) is 0 Å². The van der Waals surface area contributed by atoms with Gasteiger partial charge in [0, 0.05) is 0 Å². The number of carbonyl (C=O) groups excluding carboxylic acids is 1. The number of nitrogens with one attached hydrogen (secondary N) is 1. The summed E-state index contributed by atoms with van der Waals surface area (Å²) in [5, 5.41) is 27.1. The average Bonchev–Trinajstić information content (AvgIpc) is 2.20. The molecule has 1 amide bonds. The number of carboxylic acids is 1. The maximum Gasteiger partial charge on any atom is 0.322 e. The van der Waals surface area contributed by atoms with Crippen LogP contribution >= 0.6 is 0 Å². The van der Waals surface area contributed by atoms with E-state index in [1.807, 2.05) is 5.32 Å². The third-order valence-corrected chi connectivity index (χ3v) is 1.22. The van der Waals surface area contributed by atoms with Crippen LogP contribution in [-0.4, -0.2) is 34.2 Å². The van der Waals surface area contributed by atoms with Crippen LogP contribution in [0.15, 0.2) is 24.3 Å². The normalized spacial score (nSPS) is 8.27. The molecule has 0 saturated heterocycles. The van der Waals surface area contributed by atoms with Crippen LogP contribution in [0.3, 0.4) is 0 Å².